The van der Waals surface area contributed by atoms with E-state index >= 15 is 0 Å². The van der Waals surface area contributed by atoms with Crippen molar-refractivity contribution < 1.29 is 22.8 Å². The number of piperazine rings is 1. The standard InChI is InChI=1S/C27H27F3N4O2/c28-27(29,30)23-11-5-4-10-22(23)26(36)34-17-15-33(16-18-34)24-13-12-21(19-32-24)25(35)31-14-6-9-20-7-2-1-3-8-20/h1-5,7-8,10-13,19H,6,9,14-18H2,(H,31,35). The van der Waals surface area contributed by atoms with Gasteiger partial charge < -0.3 is 15.1 Å². The highest BCUT2D eigenvalue weighted by Gasteiger charge is 2.36. The summed E-state index contributed by atoms with van der Waals surface area (Å²) in [6.45, 7) is 1.96. The minimum Gasteiger partial charge on any atom is -0.353 e. The number of benzene rings is 2. The van der Waals surface area contributed by atoms with E-state index in [0.29, 0.717) is 31.0 Å². The normalized spacial score (nSPS) is 14.0. The number of halogens is 3. The second kappa shape index (κ2) is 11.2. The largest absolute Gasteiger partial charge is 0.417 e. The van der Waals surface area contributed by atoms with Gasteiger partial charge in [-0.05, 0) is 42.7 Å². The molecule has 2 amide bonds. The number of aromatic nitrogens is 1. The van der Waals surface area contributed by atoms with Crippen LogP contribution in [0.5, 0.6) is 0 Å². The van der Waals surface area contributed by atoms with Gasteiger partial charge in [-0.15, -0.1) is 0 Å². The van der Waals surface area contributed by atoms with E-state index in [9.17, 15) is 22.8 Å². The van der Waals surface area contributed by atoms with Crippen LogP contribution < -0.4 is 10.2 Å². The first kappa shape index (κ1) is 25.2. The number of nitrogens with zero attached hydrogens (tertiary/aromatic N) is 3. The summed E-state index contributed by atoms with van der Waals surface area (Å²) < 4.78 is 39.9. The van der Waals surface area contributed by atoms with Crippen LogP contribution in [-0.4, -0.2) is 54.4 Å². The lowest BCUT2D eigenvalue weighted by Crippen LogP contribution is -2.49. The number of hydrogen-bond acceptors (Lipinski definition) is 4. The van der Waals surface area contributed by atoms with E-state index in [1.54, 1.807) is 12.1 Å². The molecule has 0 radical (unpaired) electrons. The maximum absolute atomic E-state index is 13.3. The number of pyridine rings is 1. The molecule has 36 heavy (non-hydrogen) atoms. The van der Waals surface area contributed by atoms with Crippen LogP contribution in [0, 0.1) is 0 Å². The van der Waals surface area contributed by atoms with Gasteiger partial charge >= 0.3 is 6.18 Å². The van der Waals surface area contributed by atoms with Gasteiger partial charge in [-0.1, -0.05) is 42.5 Å². The first-order valence-electron chi connectivity index (χ1n) is 11.8. The molecule has 1 saturated heterocycles. The molecule has 0 unspecified atom stereocenters. The highest BCUT2D eigenvalue weighted by Crippen LogP contribution is 2.32. The Morgan fingerprint density at radius 2 is 1.58 bits per heavy atom. The molecule has 1 N–H and O–H groups in total. The Morgan fingerprint density at radius 3 is 2.25 bits per heavy atom. The monoisotopic (exact) mass is 496 g/mol. The summed E-state index contributed by atoms with van der Waals surface area (Å²) in [6.07, 6.45) is -1.36. The summed E-state index contributed by atoms with van der Waals surface area (Å²) in [4.78, 5) is 32.9. The van der Waals surface area contributed by atoms with Crippen LogP contribution in [0.1, 0.15) is 38.3 Å². The van der Waals surface area contributed by atoms with E-state index < -0.39 is 17.6 Å². The number of amides is 2. The minimum absolute atomic E-state index is 0.194. The van der Waals surface area contributed by atoms with Gasteiger partial charge in [0.25, 0.3) is 11.8 Å². The number of aryl methyl sites for hydroxylation is 1. The molecule has 1 aliphatic rings. The van der Waals surface area contributed by atoms with E-state index in [4.69, 9.17) is 0 Å². The highest BCUT2D eigenvalue weighted by molar-refractivity contribution is 5.96. The molecular weight excluding hydrogens is 469 g/mol. The van der Waals surface area contributed by atoms with Gasteiger partial charge in [0.05, 0.1) is 16.7 Å². The van der Waals surface area contributed by atoms with E-state index in [1.165, 1.54) is 34.9 Å². The van der Waals surface area contributed by atoms with Gasteiger partial charge in [0.1, 0.15) is 5.82 Å². The molecule has 0 atom stereocenters. The molecule has 6 nitrogen and oxygen atoms in total. The minimum atomic E-state index is -4.59. The average molecular weight is 497 g/mol. The van der Waals surface area contributed by atoms with Crippen molar-refractivity contribution in [2.45, 2.75) is 19.0 Å². The number of hydrogen-bond donors (Lipinski definition) is 1. The molecule has 1 fully saturated rings. The number of alkyl halides is 3. The molecule has 2 aromatic carbocycles. The Hall–Kier alpha value is -3.88. The summed E-state index contributed by atoms with van der Waals surface area (Å²) in [6, 6.07) is 18.4. The second-order valence-electron chi connectivity index (χ2n) is 8.57. The maximum atomic E-state index is 13.3. The van der Waals surface area contributed by atoms with Gasteiger partial charge in [-0.3, -0.25) is 9.59 Å². The van der Waals surface area contributed by atoms with E-state index in [1.807, 2.05) is 23.1 Å². The summed E-state index contributed by atoms with van der Waals surface area (Å²) in [7, 11) is 0. The van der Waals surface area contributed by atoms with Crippen molar-refractivity contribution in [2.24, 2.45) is 0 Å². The molecule has 188 valence electrons. The third-order valence-corrected chi connectivity index (χ3v) is 6.13. The van der Waals surface area contributed by atoms with Crippen molar-refractivity contribution in [1.82, 2.24) is 15.2 Å². The average Bonchev–Trinajstić information content (AvgIpc) is 2.91. The molecule has 0 bridgehead atoms. The Kier molecular flexibility index (Phi) is 7.87. The molecule has 0 spiro atoms. The van der Waals surface area contributed by atoms with E-state index in [-0.39, 0.29) is 24.6 Å². The van der Waals surface area contributed by atoms with Crippen molar-refractivity contribution in [3.63, 3.8) is 0 Å². The zero-order chi connectivity index (χ0) is 25.5. The van der Waals surface area contributed by atoms with Crippen LogP contribution >= 0.6 is 0 Å². The second-order valence-corrected chi connectivity index (χ2v) is 8.57. The van der Waals surface area contributed by atoms with E-state index in [0.717, 1.165) is 18.9 Å². The third kappa shape index (κ3) is 6.21. The summed E-state index contributed by atoms with van der Waals surface area (Å²) in [5.41, 5.74) is 0.420. The highest BCUT2D eigenvalue weighted by atomic mass is 19.4. The zero-order valence-corrected chi connectivity index (χ0v) is 19.7. The number of carbonyl (C=O) groups excluding carboxylic acids is 2. The van der Waals surface area contributed by atoms with E-state index in [2.05, 4.69) is 22.4 Å². The number of carbonyl (C=O) groups is 2. The lowest BCUT2D eigenvalue weighted by Gasteiger charge is -2.35. The number of nitrogens with one attached hydrogen (secondary N) is 1. The molecule has 0 aliphatic carbocycles. The zero-order valence-electron chi connectivity index (χ0n) is 19.7. The topological polar surface area (TPSA) is 65.5 Å². The van der Waals surface area contributed by atoms with Crippen LogP contribution in [0.2, 0.25) is 0 Å². The SMILES string of the molecule is O=C(NCCCc1ccccc1)c1ccc(N2CCN(C(=O)c3ccccc3C(F)(F)F)CC2)nc1. The fourth-order valence-electron chi connectivity index (χ4n) is 4.17. The molecule has 4 rings (SSSR count). The first-order chi connectivity index (χ1) is 17.3. The first-order valence-corrected chi connectivity index (χ1v) is 11.8. The summed E-state index contributed by atoms with van der Waals surface area (Å²) in [5, 5.41) is 2.90. The van der Waals surface area contributed by atoms with Gasteiger partial charge in [0, 0.05) is 38.9 Å². The quantitative estimate of drug-likeness (QED) is 0.492. The van der Waals surface area contributed by atoms with Gasteiger partial charge in [-0.25, -0.2) is 4.98 Å². The maximum Gasteiger partial charge on any atom is 0.417 e. The smallest absolute Gasteiger partial charge is 0.353 e. The fraction of sp³-hybridized carbons (Fsp3) is 0.296. The Labute approximate surface area is 207 Å². The lowest BCUT2D eigenvalue weighted by molar-refractivity contribution is -0.138. The third-order valence-electron chi connectivity index (χ3n) is 6.13. The van der Waals surface area contributed by atoms with Crippen LogP contribution in [-0.2, 0) is 12.6 Å². The fourth-order valence-corrected chi connectivity index (χ4v) is 4.17. The number of anilines is 1. The molecule has 9 heteroatoms. The molecule has 0 saturated carbocycles. The van der Waals surface area contributed by atoms with Gasteiger partial charge in [-0.2, -0.15) is 13.2 Å². The molecular formula is C27H27F3N4O2. The van der Waals surface area contributed by atoms with Crippen LogP contribution in [0.25, 0.3) is 0 Å². The Balaban J connectivity index is 1.27. The molecule has 2 heterocycles. The van der Waals surface area contributed by atoms with Crippen molar-refractivity contribution in [3.05, 3.63) is 95.2 Å². The van der Waals surface area contributed by atoms with Crippen molar-refractivity contribution in [1.29, 1.82) is 0 Å². The molecule has 1 aliphatic heterocycles. The molecule has 1 aromatic heterocycles. The summed E-state index contributed by atoms with van der Waals surface area (Å²) >= 11 is 0. The Bertz CT molecular complexity index is 1180. The van der Waals surface area contributed by atoms with Crippen LogP contribution in [0.15, 0.2) is 72.9 Å². The van der Waals surface area contributed by atoms with Crippen molar-refractivity contribution >= 4 is 17.6 Å². The lowest BCUT2D eigenvalue weighted by atomic mass is 10.1. The van der Waals surface area contributed by atoms with Gasteiger partial charge in [0.2, 0.25) is 0 Å². The Morgan fingerprint density at radius 1 is 0.889 bits per heavy atom. The van der Waals surface area contributed by atoms with Crippen molar-refractivity contribution in [2.75, 3.05) is 37.6 Å². The van der Waals surface area contributed by atoms with Gasteiger partial charge in [0.15, 0.2) is 0 Å². The molecule has 3 aromatic rings. The summed E-state index contributed by atoms with van der Waals surface area (Å²) in [5.74, 6) is -0.172. The van der Waals surface area contributed by atoms with Crippen LogP contribution in [0.4, 0.5) is 19.0 Å². The predicted molar refractivity (Wildman–Crippen MR) is 131 cm³/mol. The predicted octanol–water partition coefficient (Wildman–Crippen LogP) is 4.43. The van der Waals surface area contributed by atoms with Crippen LogP contribution in [0.3, 0.4) is 0 Å². The number of rotatable bonds is 7. The van der Waals surface area contributed by atoms with Crippen molar-refractivity contribution in [3.8, 4) is 0 Å².